The van der Waals surface area contributed by atoms with Crippen molar-refractivity contribution in [1.82, 2.24) is 4.31 Å². The number of benzene rings is 2. The summed E-state index contributed by atoms with van der Waals surface area (Å²) in [6, 6.07) is 12.2. The first-order valence-corrected chi connectivity index (χ1v) is 12.6. The molecule has 1 heterocycles. The van der Waals surface area contributed by atoms with Gasteiger partial charge in [0.05, 0.1) is 10.5 Å². The van der Waals surface area contributed by atoms with E-state index in [-0.39, 0.29) is 16.4 Å². The first kappa shape index (κ1) is 25.4. The number of carbonyl (C=O) groups is 3. The molecule has 0 aromatic heterocycles. The fraction of sp³-hybridized carbons (Fsp3) is 0.375. The van der Waals surface area contributed by atoms with Gasteiger partial charge in [0, 0.05) is 31.4 Å². The predicted molar refractivity (Wildman–Crippen MR) is 128 cm³/mol. The van der Waals surface area contributed by atoms with Gasteiger partial charge in [-0.05, 0) is 62.2 Å². The molecule has 1 saturated heterocycles. The number of carbonyl (C=O) groups excluding carboxylic acids is 3. The lowest BCUT2D eigenvalue weighted by Gasteiger charge is -2.20. The highest BCUT2D eigenvalue weighted by Crippen LogP contribution is 2.22. The van der Waals surface area contributed by atoms with Crippen molar-refractivity contribution in [2.45, 2.75) is 50.5 Å². The average molecular weight is 488 g/mol. The summed E-state index contributed by atoms with van der Waals surface area (Å²) in [5.41, 5.74) is 1.10. The quantitative estimate of drug-likeness (QED) is 0.578. The van der Waals surface area contributed by atoms with E-state index in [0.717, 1.165) is 25.7 Å². The zero-order chi connectivity index (χ0) is 24.7. The van der Waals surface area contributed by atoms with Crippen molar-refractivity contribution in [3.05, 3.63) is 54.1 Å². The van der Waals surface area contributed by atoms with Crippen LogP contribution in [0.5, 0.6) is 0 Å². The third kappa shape index (κ3) is 6.64. The molecule has 2 aromatic carbocycles. The van der Waals surface area contributed by atoms with Crippen LogP contribution in [0.25, 0.3) is 0 Å². The molecule has 1 aliphatic heterocycles. The van der Waals surface area contributed by atoms with Crippen LogP contribution in [0.15, 0.2) is 53.4 Å². The fourth-order valence-electron chi connectivity index (χ4n) is 3.58. The van der Waals surface area contributed by atoms with Crippen LogP contribution in [0, 0.1) is 0 Å². The molecule has 2 amide bonds. The molecule has 10 heteroatoms. The highest BCUT2D eigenvalue weighted by atomic mass is 32.2. The van der Waals surface area contributed by atoms with Gasteiger partial charge in [0.1, 0.15) is 0 Å². The van der Waals surface area contributed by atoms with Gasteiger partial charge in [0.2, 0.25) is 15.9 Å². The number of rotatable bonds is 7. The third-order valence-electron chi connectivity index (χ3n) is 5.40. The van der Waals surface area contributed by atoms with Gasteiger partial charge in [-0.25, -0.2) is 13.2 Å². The fourth-order valence-corrected chi connectivity index (χ4v) is 5.14. The summed E-state index contributed by atoms with van der Waals surface area (Å²) in [4.78, 5) is 36.2. The number of anilines is 2. The molecular formula is C24H29N3O6S. The minimum absolute atomic E-state index is 0.0280. The van der Waals surface area contributed by atoms with E-state index in [4.69, 9.17) is 4.74 Å². The van der Waals surface area contributed by atoms with E-state index in [9.17, 15) is 22.8 Å². The lowest BCUT2D eigenvalue weighted by atomic mass is 10.2. The van der Waals surface area contributed by atoms with Gasteiger partial charge in [-0.2, -0.15) is 4.31 Å². The van der Waals surface area contributed by atoms with Crippen LogP contribution < -0.4 is 10.6 Å². The van der Waals surface area contributed by atoms with E-state index in [1.54, 1.807) is 24.3 Å². The van der Waals surface area contributed by atoms with Crippen molar-refractivity contribution in [3.63, 3.8) is 0 Å². The first-order valence-electron chi connectivity index (χ1n) is 11.2. The molecule has 0 saturated carbocycles. The Morgan fingerprint density at radius 1 is 0.912 bits per heavy atom. The second kappa shape index (κ2) is 11.3. The molecule has 0 bridgehead atoms. The summed E-state index contributed by atoms with van der Waals surface area (Å²) in [5.74, 6) is -1.55. The molecule has 0 spiro atoms. The minimum Gasteiger partial charge on any atom is -0.449 e. The van der Waals surface area contributed by atoms with Gasteiger partial charge in [0.15, 0.2) is 6.10 Å². The Hall–Kier alpha value is -3.24. The lowest BCUT2D eigenvalue weighted by Crippen LogP contribution is -2.32. The van der Waals surface area contributed by atoms with E-state index in [2.05, 4.69) is 10.6 Å². The van der Waals surface area contributed by atoms with Gasteiger partial charge >= 0.3 is 5.97 Å². The number of hydrogen-bond acceptors (Lipinski definition) is 6. The van der Waals surface area contributed by atoms with Crippen LogP contribution in [-0.2, 0) is 24.3 Å². The van der Waals surface area contributed by atoms with Crippen molar-refractivity contribution >= 4 is 39.2 Å². The summed E-state index contributed by atoms with van der Waals surface area (Å²) in [6.07, 6.45) is 2.50. The SMILES string of the molecule is CC(=O)Nc1ccc(NC(=O)[C@H](C)OC(=O)c2cccc(S(=O)(=O)N3CCCCCC3)c2)cc1. The molecule has 2 N–H and O–H groups in total. The molecule has 1 fully saturated rings. The Bertz CT molecular complexity index is 1140. The van der Waals surface area contributed by atoms with Crippen molar-refractivity contribution in [2.75, 3.05) is 23.7 Å². The lowest BCUT2D eigenvalue weighted by molar-refractivity contribution is -0.123. The second-order valence-electron chi connectivity index (χ2n) is 8.14. The van der Waals surface area contributed by atoms with Gasteiger partial charge in [-0.3, -0.25) is 9.59 Å². The number of hydrogen-bond donors (Lipinski definition) is 2. The molecule has 182 valence electrons. The molecule has 34 heavy (non-hydrogen) atoms. The van der Waals surface area contributed by atoms with Crippen molar-refractivity contribution in [3.8, 4) is 0 Å². The van der Waals surface area contributed by atoms with E-state index in [0.29, 0.717) is 24.5 Å². The molecule has 3 rings (SSSR count). The molecule has 0 aliphatic carbocycles. The number of nitrogens with one attached hydrogen (secondary N) is 2. The zero-order valence-electron chi connectivity index (χ0n) is 19.2. The van der Waals surface area contributed by atoms with E-state index in [1.807, 2.05) is 0 Å². The van der Waals surface area contributed by atoms with Gasteiger partial charge in [0.25, 0.3) is 5.91 Å². The van der Waals surface area contributed by atoms with Crippen molar-refractivity contribution in [1.29, 1.82) is 0 Å². The minimum atomic E-state index is -3.72. The van der Waals surface area contributed by atoms with Gasteiger partial charge < -0.3 is 15.4 Å². The maximum atomic E-state index is 13.0. The molecule has 0 unspecified atom stereocenters. The highest BCUT2D eigenvalue weighted by molar-refractivity contribution is 7.89. The van der Waals surface area contributed by atoms with Gasteiger partial charge in [-0.1, -0.05) is 18.9 Å². The molecule has 0 radical (unpaired) electrons. The second-order valence-corrected chi connectivity index (χ2v) is 10.1. The largest absolute Gasteiger partial charge is 0.449 e. The highest BCUT2D eigenvalue weighted by Gasteiger charge is 2.26. The third-order valence-corrected chi connectivity index (χ3v) is 7.29. The van der Waals surface area contributed by atoms with Crippen molar-refractivity contribution in [2.24, 2.45) is 0 Å². The Kier molecular flexibility index (Phi) is 8.41. The molecule has 9 nitrogen and oxygen atoms in total. The zero-order valence-corrected chi connectivity index (χ0v) is 20.1. The van der Waals surface area contributed by atoms with Crippen LogP contribution in [-0.4, -0.2) is 49.7 Å². The number of esters is 1. The average Bonchev–Trinajstić information content (AvgIpc) is 3.10. The maximum absolute atomic E-state index is 13.0. The number of sulfonamides is 1. The molecule has 1 aliphatic rings. The van der Waals surface area contributed by atoms with Crippen LogP contribution in [0.2, 0.25) is 0 Å². The molecule has 2 aromatic rings. The molecule has 1 atom stereocenters. The van der Waals surface area contributed by atoms with Crippen LogP contribution in [0.3, 0.4) is 0 Å². The Morgan fingerprint density at radius 3 is 2.09 bits per heavy atom. The summed E-state index contributed by atoms with van der Waals surface area (Å²) in [6.45, 7) is 3.74. The topological polar surface area (TPSA) is 122 Å². The predicted octanol–water partition coefficient (Wildman–Crippen LogP) is 3.39. The number of nitrogens with zero attached hydrogens (tertiary/aromatic N) is 1. The standard InChI is InChI=1S/C24H29N3O6S/c1-17(23(29)26-21-12-10-20(11-13-21)25-18(2)28)33-24(30)19-8-7-9-22(16-19)34(31,32)27-14-5-3-4-6-15-27/h7-13,16-17H,3-6,14-15H2,1-2H3,(H,25,28)(H,26,29)/t17-/m0/s1. The van der Waals surface area contributed by atoms with Crippen LogP contribution in [0.4, 0.5) is 11.4 Å². The monoisotopic (exact) mass is 487 g/mol. The summed E-state index contributed by atoms with van der Waals surface area (Å²) in [7, 11) is -3.72. The normalized spacial score (nSPS) is 15.6. The van der Waals surface area contributed by atoms with E-state index >= 15 is 0 Å². The summed E-state index contributed by atoms with van der Waals surface area (Å²) < 4.78 is 32.8. The first-order chi connectivity index (χ1) is 16.2. The van der Waals surface area contributed by atoms with E-state index < -0.39 is 28.0 Å². The summed E-state index contributed by atoms with van der Waals surface area (Å²) in [5, 5.41) is 5.26. The smallest absolute Gasteiger partial charge is 0.338 e. The Balaban J connectivity index is 1.63. The van der Waals surface area contributed by atoms with E-state index in [1.165, 1.54) is 42.4 Å². The van der Waals surface area contributed by atoms with Crippen LogP contribution >= 0.6 is 0 Å². The van der Waals surface area contributed by atoms with Gasteiger partial charge in [-0.15, -0.1) is 0 Å². The van der Waals surface area contributed by atoms with Crippen molar-refractivity contribution < 1.29 is 27.5 Å². The molecular weight excluding hydrogens is 458 g/mol. The Labute approximate surface area is 199 Å². The summed E-state index contributed by atoms with van der Waals surface area (Å²) >= 11 is 0. The van der Waals surface area contributed by atoms with Crippen LogP contribution in [0.1, 0.15) is 49.9 Å². The maximum Gasteiger partial charge on any atom is 0.338 e. The Morgan fingerprint density at radius 2 is 1.50 bits per heavy atom. The number of ether oxygens (including phenoxy) is 1. The number of amides is 2.